The zero-order valence-electron chi connectivity index (χ0n) is 16.0. The molecule has 1 aliphatic heterocycles. The Bertz CT molecular complexity index is 906. The minimum atomic E-state index is -2.86. The summed E-state index contributed by atoms with van der Waals surface area (Å²) in [4.78, 5) is 4.70. The first-order valence-electron chi connectivity index (χ1n) is 9.06. The number of aliphatic imine (C=N–C) groups is 1. The van der Waals surface area contributed by atoms with Gasteiger partial charge in [-0.15, -0.1) is 24.0 Å². The van der Waals surface area contributed by atoms with Crippen LogP contribution in [0.15, 0.2) is 33.7 Å². The van der Waals surface area contributed by atoms with Gasteiger partial charge < -0.3 is 15.1 Å². The summed E-state index contributed by atoms with van der Waals surface area (Å²) in [6.45, 7) is 7.18. The van der Waals surface area contributed by atoms with Crippen LogP contribution in [-0.2, 0) is 16.4 Å². The lowest BCUT2D eigenvalue weighted by atomic mass is 10.1. The second-order valence-corrected chi connectivity index (χ2v) is 9.48. The summed E-state index contributed by atoms with van der Waals surface area (Å²) in [6.07, 6.45) is 0.718. The third kappa shape index (κ3) is 5.84. The van der Waals surface area contributed by atoms with Crippen molar-refractivity contribution in [3.63, 3.8) is 0 Å². The number of aryl methyl sites for hydroxylation is 1. The van der Waals surface area contributed by atoms with E-state index in [0.29, 0.717) is 24.8 Å². The molecule has 6 nitrogen and oxygen atoms in total. The van der Waals surface area contributed by atoms with Crippen LogP contribution in [0.1, 0.15) is 31.6 Å². The third-order valence-electron chi connectivity index (χ3n) is 4.61. The molecular formula is C19H28IN3O3S. The van der Waals surface area contributed by atoms with Crippen LogP contribution in [0.5, 0.6) is 0 Å². The van der Waals surface area contributed by atoms with Gasteiger partial charge in [-0.3, -0.25) is 0 Å². The Hall–Kier alpha value is -1.29. The molecule has 2 aromatic rings. The molecule has 0 amide bonds. The largest absolute Gasteiger partial charge is 0.461 e. The number of hydrogen-bond acceptors (Lipinski definition) is 4. The lowest BCUT2D eigenvalue weighted by molar-refractivity contribution is 0.561. The van der Waals surface area contributed by atoms with Crippen LogP contribution in [0, 0.1) is 12.8 Å². The van der Waals surface area contributed by atoms with Gasteiger partial charge in [-0.05, 0) is 39.2 Å². The molecular weight excluding hydrogens is 477 g/mol. The Balaban J connectivity index is 0.00000261. The number of halogens is 1. The summed E-state index contributed by atoms with van der Waals surface area (Å²) in [5, 5.41) is 7.70. The minimum absolute atomic E-state index is 0. The number of sulfone groups is 1. The van der Waals surface area contributed by atoms with Gasteiger partial charge in [-0.2, -0.15) is 0 Å². The lowest BCUT2D eigenvalue weighted by Gasteiger charge is -2.17. The van der Waals surface area contributed by atoms with Gasteiger partial charge >= 0.3 is 0 Å². The predicted molar refractivity (Wildman–Crippen MR) is 121 cm³/mol. The fourth-order valence-corrected chi connectivity index (χ4v) is 5.14. The van der Waals surface area contributed by atoms with Crippen LogP contribution >= 0.6 is 24.0 Å². The molecule has 2 heterocycles. The molecule has 0 bridgehead atoms. The first-order valence-corrected chi connectivity index (χ1v) is 10.9. The smallest absolute Gasteiger partial charge is 0.191 e. The molecule has 1 fully saturated rings. The highest BCUT2D eigenvalue weighted by Crippen LogP contribution is 2.25. The van der Waals surface area contributed by atoms with E-state index >= 15 is 0 Å². The van der Waals surface area contributed by atoms with Crippen LogP contribution in [0.25, 0.3) is 11.0 Å². The molecule has 0 spiro atoms. The molecule has 2 N–H and O–H groups in total. The van der Waals surface area contributed by atoms with E-state index < -0.39 is 9.84 Å². The maximum atomic E-state index is 11.6. The van der Waals surface area contributed by atoms with Gasteiger partial charge in [0.1, 0.15) is 11.3 Å². The van der Waals surface area contributed by atoms with Crippen molar-refractivity contribution in [1.82, 2.24) is 10.6 Å². The summed E-state index contributed by atoms with van der Waals surface area (Å²) in [5.41, 5.74) is 1.95. The molecule has 0 aliphatic carbocycles. The van der Waals surface area contributed by atoms with Crippen molar-refractivity contribution in [2.45, 2.75) is 39.8 Å². The van der Waals surface area contributed by atoms with Crippen molar-refractivity contribution in [1.29, 1.82) is 0 Å². The molecule has 8 heteroatoms. The zero-order chi connectivity index (χ0) is 18.7. The Kier molecular flexibility index (Phi) is 7.55. The molecule has 1 aromatic carbocycles. The van der Waals surface area contributed by atoms with E-state index in [2.05, 4.69) is 24.5 Å². The van der Waals surface area contributed by atoms with Crippen molar-refractivity contribution >= 4 is 50.7 Å². The molecule has 1 aromatic heterocycles. The molecule has 1 atom stereocenters. The standard InChI is InChI=1S/C19H27N3O3S.HI/c1-13(2)22-19(20-10-15-8-9-26(23,24)12-15)21-11-17-14(3)25-18-7-5-4-6-16(17)18;/h4-7,13,15H,8-12H2,1-3H3,(H2,20,21,22);1H. The number of rotatable bonds is 5. The van der Waals surface area contributed by atoms with E-state index in [9.17, 15) is 8.42 Å². The van der Waals surface area contributed by atoms with E-state index in [0.717, 1.165) is 28.7 Å². The van der Waals surface area contributed by atoms with Gasteiger partial charge in [0.05, 0.1) is 18.1 Å². The van der Waals surface area contributed by atoms with Crippen LogP contribution in [0.4, 0.5) is 0 Å². The average molecular weight is 505 g/mol. The summed E-state index contributed by atoms with van der Waals surface area (Å²) < 4.78 is 29.0. The average Bonchev–Trinajstić information content (AvgIpc) is 3.08. The summed E-state index contributed by atoms with van der Waals surface area (Å²) in [7, 11) is -2.86. The molecule has 0 saturated carbocycles. The highest BCUT2D eigenvalue weighted by atomic mass is 127. The first kappa shape index (κ1) is 22.0. The van der Waals surface area contributed by atoms with Gasteiger partial charge in [0.15, 0.2) is 15.8 Å². The summed E-state index contributed by atoms with van der Waals surface area (Å²) >= 11 is 0. The van der Waals surface area contributed by atoms with Gasteiger partial charge in [-0.1, -0.05) is 18.2 Å². The normalized spacial score (nSPS) is 19.3. The summed E-state index contributed by atoms with van der Waals surface area (Å²) in [5.74, 6) is 2.29. The molecule has 3 rings (SSSR count). The Morgan fingerprint density at radius 3 is 2.74 bits per heavy atom. The Morgan fingerprint density at radius 2 is 2.07 bits per heavy atom. The first-order chi connectivity index (χ1) is 12.3. The fourth-order valence-electron chi connectivity index (χ4n) is 3.28. The van der Waals surface area contributed by atoms with Crippen molar-refractivity contribution in [3.05, 3.63) is 35.6 Å². The highest BCUT2D eigenvalue weighted by molar-refractivity contribution is 14.0. The van der Waals surface area contributed by atoms with Gasteiger partial charge in [0.25, 0.3) is 0 Å². The topological polar surface area (TPSA) is 83.7 Å². The highest BCUT2D eigenvalue weighted by Gasteiger charge is 2.27. The molecule has 1 saturated heterocycles. The predicted octanol–water partition coefficient (Wildman–Crippen LogP) is 3.24. The van der Waals surface area contributed by atoms with E-state index in [4.69, 9.17) is 9.41 Å². The second kappa shape index (κ2) is 9.27. The van der Waals surface area contributed by atoms with Crippen LogP contribution in [0.2, 0.25) is 0 Å². The molecule has 150 valence electrons. The van der Waals surface area contributed by atoms with Crippen LogP contribution < -0.4 is 10.6 Å². The monoisotopic (exact) mass is 505 g/mol. The van der Waals surface area contributed by atoms with E-state index in [1.165, 1.54) is 0 Å². The van der Waals surface area contributed by atoms with Crippen molar-refractivity contribution in [2.24, 2.45) is 10.9 Å². The van der Waals surface area contributed by atoms with Crippen LogP contribution in [0.3, 0.4) is 0 Å². The Morgan fingerprint density at radius 1 is 1.33 bits per heavy atom. The summed E-state index contributed by atoms with van der Waals surface area (Å²) in [6, 6.07) is 8.19. The number of fused-ring (bicyclic) bond motifs is 1. The number of benzene rings is 1. The van der Waals surface area contributed by atoms with Crippen molar-refractivity contribution in [3.8, 4) is 0 Å². The number of nitrogens with one attached hydrogen (secondary N) is 2. The molecule has 1 aliphatic rings. The fraction of sp³-hybridized carbons (Fsp3) is 0.526. The maximum Gasteiger partial charge on any atom is 0.191 e. The van der Waals surface area contributed by atoms with E-state index in [1.54, 1.807) is 0 Å². The quantitative estimate of drug-likeness (QED) is 0.371. The number of furan rings is 1. The zero-order valence-corrected chi connectivity index (χ0v) is 19.1. The number of guanidine groups is 1. The van der Waals surface area contributed by atoms with E-state index in [-0.39, 0.29) is 41.7 Å². The van der Waals surface area contributed by atoms with Crippen molar-refractivity contribution < 1.29 is 12.8 Å². The van der Waals surface area contributed by atoms with Gasteiger partial charge in [-0.25, -0.2) is 13.4 Å². The van der Waals surface area contributed by atoms with E-state index in [1.807, 2.05) is 31.2 Å². The number of para-hydroxylation sites is 1. The molecule has 0 radical (unpaired) electrons. The van der Waals surface area contributed by atoms with Crippen molar-refractivity contribution in [2.75, 3.05) is 18.1 Å². The SMILES string of the molecule is Cc1oc2ccccc2c1CN=C(NCC1CCS(=O)(=O)C1)NC(C)C.I. The number of nitrogens with zero attached hydrogens (tertiary/aromatic N) is 1. The maximum absolute atomic E-state index is 11.6. The lowest BCUT2D eigenvalue weighted by Crippen LogP contribution is -2.43. The number of hydrogen-bond donors (Lipinski definition) is 2. The third-order valence-corrected chi connectivity index (χ3v) is 6.44. The van der Waals surface area contributed by atoms with Gasteiger partial charge in [0, 0.05) is 23.5 Å². The second-order valence-electron chi connectivity index (χ2n) is 7.25. The Labute approximate surface area is 178 Å². The molecule has 1 unspecified atom stereocenters. The van der Waals surface area contributed by atoms with Crippen LogP contribution in [-0.4, -0.2) is 38.5 Å². The van der Waals surface area contributed by atoms with Gasteiger partial charge in [0.2, 0.25) is 0 Å². The molecule has 27 heavy (non-hydrogen) atoms. The minimum Gasteiger partial charge on any atom is -0.461 e.